The molecule has 1 aliphatic heterocycles. The van der Waals surface area contributed by atoms with Gasteiger partial charge in [-0.05, 0) is 23.1 Å². The summed E-state index contributed by atoms with van der Waals surface area (Å²) in [5.41, 5.74) is 2.08. The van der Waals surface area contributed by atoms with Crippen LogP contribution in [-0.2, 0) is 11.2 Å². The molecule has 1 aromatic carbocycles. The van der Waals surface area contributed by atoms with Gasteiger partial charge < -0.3 is 9.80 Å². The predicted molar refractivity (Wildman–Crippen MR) is 109 cm³/mol. The minimum absolute atomic E-state index is 0.179. The maximum atomic E-state index is 12.6. The van der Waals surface area contributed by atoms with Crippen molar-refractivity contribution >= 4 is 39.0 Å². The zero-order valence-corrected chi connectivity index (χ0v) is 16.6. The summed E-state index contributed by atoms with van der Waals surface area (Å²) in [7, 11) is 0. The number of hydrogen-bond donors (Lipinski definition) is 1. The van der Waals surface area contributed by atoms with Gasteiger partial charge >= 0.3 is 0 Å². The number of thiophene rings is 1. The van der Waals surface area contributed by atoms with E-state index in [4.69, 9.17) is 0 Å². The number of nitrogens with zero attached hydrogens (tertiary/aromatic N) is 3. The average Bonchev–Trinajstić information content (AvgIpc) is 3.35. The monoisotopic (exact) mass is 430 g/mol. The van der Waals surface area contributed by atoms with Crippen molar-refractivity contribution in [3.05, 3.63) is 57.9 Å². The summed E-state index contributed by atoms with van der Waals surface area (Å²) in [6.07, 6.45) is 0.437. The lowest BCUT2D eigenvalue weighted by Gasteiger charge is -2.35. The normalized spacial score (nSPS) is 14.7. The number of carbonyl (C=O) groups is 1. The second-order valence-corrected chi connectivity index (χ2v) is 8.06. The fraction of sp³-hybridized carbons (Fsp3) is 0.263. The third-order valence-corrected chi connectivity index (χ3v) is 6.28. The van der Waals surface area contributed by atoms with Crippen molar-refractivity contribution in [3.63, 3.8) is 0 Å². The fourth-order valence-corrected chi connectivity index (χ4v) is 4.25. The highest BCUT2D eigenvalue weighted by atomic mass is 79.9. The number of H-pyrrole nitrogens is 1. The van der Waals surface area contributed by atoms with Gasteiger partial charge in [-0.2, -0.15) is 5.10 Å². The minimum atomic E-state index is 0.179. The Bertz CT molecular complexity index is 885. The zero-order valence-electron chi connectivity index (χ0n) is 14.2. The predicted octanol–water partition coefficient (Wildman–Crippen LogP) is 3.79. The smallest absolute Gasteiger partial charge is 0.227 e. The van der Waals surface area contributed by atoms with Crippen LogP contribution in [0.25, 0.3) is 10.6 Å². The van der Waals surface area contributed by atoms with Crippen LogP contribution in [0.3, 0.4) is 0 Å². The lowest BCUT2D eigenvalue weighted by atomic mass is 10.1. The van der Waals surface area contributed by atoms with Crippen LogP contribution in [0, 0.1) is 0 Å². The van der Waals surface area contributed by atoms with Gasteiger partial charge in [0.05, 0.1) is 17.0 Å². The summed E-state index contributed by atoms with van der Waals surface area (Å²) in [6.45, 7) is 3.06. The summed E-state index contributed by atoms with van der Waals surface area (Å²) >= 11 is 5.21. The molecule has 7 heteroatoms. The number of aromatic amines is 1. The number of piperazine rings is 1. The first-order valence-electron chi connectivity index (χ1n) is 8.56. The van der Waals surface area contributed by atoms with Crippen LogP contribution in [0.2, 0.25) is 0 Å². The molecule has 1 saturated heterocycles. The molecule has 0 saturated carbocycles. The first kappa shape index (κ1) is 17.3. The van der Waals surface area contributed by atoms with Crippen molar-refractivity contribution in [1.82, 2.24) is 15.1 Å². The first-order valence-corrected chi connectivity index (χ1v) is 10.2. The average molecular weight is 431 g/mol. The Hall–Kier alpha value is -2.12. The van der Waals surface area contributed by atoms with Crippen molar-refractivity contribution in [2.24, 2.45) is 0 Å². The van der Waals surface area contributed by atoms with Crippen LogP contribution in [0.1, 0.15) is 5.56 Å². The van der Waals surface area contributed by atoms with E-state index in [2.05, 4.69) is 48.5 Å². The quantitative estimate of drug-likeness (QED) is 0.684. The van der Waals surface area contributed by atoms with Crippen molar-refractivity contribution in [2.45, 2.75) is 6.42 Å². The van der Waals surface area contributed by atoms with Crippen molar-refractivity contribution in [3.8, 4) is 10.6 Å². The summed E-state index contributed by atoms with van der Waals surface area (Å²) in [5, 5.41) is 9.62. The third kappa shape index (κ3) is 3.68. The molecule has 134 valence electrons. The number of rotatable bonds is 4. The number of halogens is 1. The van der Waals surface area contributed by atoms with Gasteiger partial charge in [0.2, 0.25) is 5.91 Å². The SMILES string of the molecule is O=C(Cc1ccccc1Br)N1CCN(c2cc(-c3cccs3)[nH]n2)CC1. The van der Waals surface area contributed by atoms with Crippen LogP contribution in [-0.4, -0.2) is 47.2 Å². The van der Waals surface area contributed by atoms with E-state index in [1.807, 2.05) is 35.2 Å². The Morgan fingerprint density at radius 2 is 1.96 bits per heavy atom. The van der Waals surface area contributed by atoms with Gasteiger partial charge in [0.15, 0.2) is 5.82 Å². The van der Waals surface area contributed by atoms with E-state index in [9.17, 15) is 4.79 Å². The number of nitrogens with one attached hydrogen (secondary N) is 1. The van der Waals surface area contributed by atoms with Crippen LogP contribution in [0.4, 0.5) is 5.82 Å². The lowest BCUT2D eigenvalue weighted by molar-refractivity contribution is -0.130. The fourth-order valence-electron chi connectivity index (χ4n) is 3.13. The van der Waals surface area contributed by atoms with E-state index < -0.39 is 0 Å². The minimum Gasteiger partial charge on any atom is -0.352 e. The molecule has 1 N–H and O–H groups in total. The van der Waals surface area contributed by atoms with Gasteiger partial charge in [0.25, 0.3) is 0 Å². The number of benzene rings is 1. The van der Waals surface area contributed by atoms with Crippen LogP contribution in [0.15, 0.2) is 52.3 Å². The van der Waals surface area contributed by atoms with Gasteiger partial charge in [-0.25, -0.2) is 0 Å². The van der Waals surface area contributed by atoms with E-state index in [0.29, 0.717) is 6.42 Å². The molecule has 1 aliphatic rings. The highest BCUT2D eigenvalue weighted by Gasteiger charge is 2.23. The highest BCUT2D eigenvalue weighted by molar-refractivity contribution is 9.10. The Morgan fingerprint density at radius 1 is 1.15 bits per heavy atom. The molecule has 0 aliphatic carbocycles. The molecule has 0 bridgehead atoms. The number of anilines is 1. The molecule has 26 heavy (non-hydrogen) atoms. The second-order valence-electron chi connectivity index (χ2n) is 6.25. The van der Waals surface area contributed by atoms with Gasteiger partial charge in [-0.15, -0.1) is 11.3 Å². The molecule has 2 aromatic heterocycles. The second kappa shape index (κ2) is 7.63. The Labute approximate surface area is 164 Å². The summed E-state index contributed by atoms with van der Waals surface area (Å²) < 4.78 is 0.990. The van der Waals surface area contributed by atoms with E-state index in [-0.39, 0.29) is 5.91 Å². The number of aromatic nitrogens is 2. The molecule has 3 heterocycles. The number of amides is 1. The molecule has 3 aromatic rings. The maximum absolute atomic E-state index is 12.6. The lowest BCUT2D eigenvalue weighted by Crippen LogP contribution is -2.49. The molecular formula is C19H19BrN4OS. The number of carbonyl (C=O) groups excluding carboxylic acids is 1. The summed E-state index contributed by atoms with van der Waals surface area (Å²) in [6, 6.07) is 14.1. The van der Waals surface area contributed by atoms with Crippen molar-refractivity contribution < 1.29 is 4.79 Å². The van der Waals surface area contributed by atoms with E-state index in [1.165, 1.54) is 4.88 Å². The Balaban J connectivity index is 1.35. The number of hydrogen-bond acceptors (Lipinski definition) is 4. The van der Waals surface area contributed by atoms with Crippen molar-refractivity contribution in [1.29, 1.82) is 0 Å². The summed E-state index contributed by atoms with van der Waals surface area (Å²) in [4.78, 5) is 18.0. The molecule has 0 spiro atoms. The van der Waals surface area contributed by atoms with Gasteiger partial charge in [0.1, 0.15) is 0 Å². The van der Waals surface area contributed by atoms with Gasteiger partial charge in [-0.1, -0.05) is 40.2 Å². The highest BCUT2D eigenvalue weighted by Crippen LogP contribution is 2.26. The topological polar surface area (TPSA) is 52.2 Å². The Morgan fingerprint density at radius 3 is 2.69 bits per heavy atom. The van der Waals surface area contributed by atoms with Gasteiger partial charge in [0, 0.05) is 36.7 Å². The molecule has 0 radical (unpaired) electrons. The molecule has 0 atom stereocenters. The third-order valence-electron chi connectivity index (χ3n) is 4.61. The molecule has 5 nitrogen and oxygen atoms in total. The van der Waals surface area contributed by atoms with Crippen molar-refractivity contribution in [2.75, 3.05) is 31.1 Å². The maximum Gasteiger partial charge on any atom is 0.227 e. The molecule has 1 fully saturated rings. The van der Waals surface area contributed by atoms with Crippen LogP contribution in [0.5, 0.6) is 0 Å². The molecule has 4 rings (SSSR count). The van der Waals surface area contributed by atoms with Gasteiger partial charge in [-0.3, -0.25) is 9.89 Å². The first-order chi connectivity index (χ1) is 12.7. The summed E-state index contributed by atoms with van der Waals surface area (Å²) in [5.74, 6) is 1.13. The van der Waals surface area contributed by atoms with E-state index >= 15 is 0 Å². The molecule has 0 unspecified atom stereocenters. The van der Waals surface area contributed by atoms with E-state index in [1.54, 1.807) is 11.3 Å². The van der Waals surface area contributed by atoms with Crippen LogP contribution >= 0.6 is 27.3 Å². The Kier molecular flexibility index (Phi) is 5.08. The largest absolute Gasteiger partial charge is 0.352 e. The van der Waals surface area contributed by atoms with E-state index in [0.717, 1.165) is 47.7 Å². The standard InChI is InChI=1S/C19H19BrN4OS/c20-15-5-2-1-4-14(15)12-19(25)24-9-7-23(8-10-24)18-13-16(21-22-18)17-6-3-11-26-17/h1-6,11,13H,7-10,12H2,(H,21,22). The molecular weight excluding hydrogens is 412 g/mol. The molecule has 1 amide bonds. The van der Waals surface area contributed by atoms with Crippen LogP contribution < -0.4 is 4.90 Å². The zero-order chi connectivity index (χ0) is 17.9.